The molecule has 0 fully saturated rings. The first-order valence-corrected chi connectivity index (χ1v) is 17.9. The van der Waals surface area contributed by atoms with Crippen LogP contribution in [0.4, 0.5) is 17.1 Å². The molecular formula is C48H31NS. The van der Waals surface area contributed by atoms with E-state index >= 15 is 0 Å². The largest absolute Gasteiger partial charge is 0.310 e. The molecule has 234 valence electrons. The summed E-state index contributed by atoms with van der Waals surface area (Å²) in [7, 11) is 0. The molecule has 9 aromatic carbocycles. The van der Waals surface area contributed by atoms with Crippen molar-refractivity contribution in [3.8, 4) is 22.3 Å². The van der Waals surface area contributed by atoms with Gasteiger partial charge >= 0.3 is 0 Å². The fourth-order valence-corrected chi connectivity index (χ4v) is 8.82. The van der Waals surface area contributed by atoms with Gasteiger partial charge in [-0.3, -0.25) is 0 Å². The van der Waals surface area contributed by atoms with E-state index in [2.05, 4.69) is 193 Å². The molecule has 0 amide bonds. The summed E-state index contributed by atoms with van der Waals surface area (Å²) in [6.45, 7) is 0. The fraction of sp³-hybridized carbons (Fsp3) is 0. The van der Waals surface area contributed by atoms with Crippen molar-refractivity contribution < 1.29 is 0 Å². The van der Waals surface area contributed by atoms with Gasteiger partial charge in [-0.25, -0.2) is 0 Å². The van der Waals surface area contributed by atoms with Gasteiger partial charge in [0.2, 0.25) is 0 Å². The third kappa shape index (κ3) is 4.69. The molecule has 1 aromatic heterocycles. The van der Waals surface area contributed by atoms with Crippen LogP contribution in [0.3, 0.4) is 0 Å². The fourth-order valence-electron chi connectivity index (χ4n) is 7.71. The Morgan fingerprint density at radius 3 is 1.84 bits per heavy atom. The summed E-state index contributed by atoms with van der Waals surface area (Å²) in [6.07, 6.45) is 0. The zero-order valence-electron chi connectivity index (χ0n) is 27.3. The molecule has 0 aliphatic carbocycles. The summed E-state index contributed by atoms with van der Waals surface area (Å²) in [5.74, 6) is 0. The molecule has 10 rings (SSSR count). The highest BCUT2D eigenvalue weighted by molar-refractivity contribution is 7.26. The molecule has 0 N–H and O–H groups in total. The molecule has 0 saturated heterocycles. The van der Waals surface area contributed by atoms with E-state index in [0.717, 1.165) is 11.4 Å². The first-order chi connectivity index (χ1) is 24.8. The average Bonchev–Trinajstić information content (AvgIpc) is 3.57. The number of thiophene rings is 1. The van der Waals surface area contributed by atoms with E-state index in [0.29, 0.717) is 0 Å². The topological polar surface area (TPSA) is 3.24 Å². The molecule has 0 saturated carbocycles. The van der Waals surface area contributed by atoms with Crippen molar-refractivity contribution in [2.45, 2.75) is 0 Å². The van der Waals surface area contributed by atoms with Gasteiger partial charge in [0.05, 0.1) is 5.69 Å². The standard InChI is InChI=1S/C48H31NS/c1-3-11-32(12-4-1)33-21-23-35(24-22-33)39-17-10-20-47-48(39)44-31-37(26-30-46(44)50-47)49(36-14-5-2-6-15-36)45-19-9-18-40-42-27-25-34-13-7-8-16-38(34)41(42)28-29-43(40)45/h1-31H. The van der Waals surface area contributed by atoms with Gasteiger partial charge in [0.1, 0.15) is 0 Å². The van der Waals surface area contributed by atoms with Crippen LogP contribution in [0.1, 0.15) is 0 Å². The van der Waals surface area contributed by atoms with Crippen LogP contribution in [0, 0.1) is 0 Å². The molecule has 0 spiro atoms. The maximum absolute atomic E-state index is 2.43. The van der Waals surface area contributed by atoms with Crippen molar-refractivity contribution in [2.75, 3.05) is 4.90 Å². The third-order valence-corrected chi connectivity index (χ3v) is 11.2. The minimum absolute atomic E-state index is 1.13. The number of para-hydroxylation sites is 1. The van der Waals surface area contributed by atoms with Gasteiger partial charge in [-0.2, -0.15) is 0 Å². The molecule has 50 heavy (non-hydrogen) atoms. The summed E-state index contributed by atoms with van der Waals surface area (Å²) < 4.78 is 2.60. The Morgan fingerprint density at radius 1 is 0.340 bits per heavy atom. The van der Waals surface area contributed by atoms with Crippen LogP contribution in [-0.4, -0.2) is 0 Å². The molecule has 0 aliphatic heterocycles. The van der Waals surface area contributed by atoms with E-state index in [1.54, 1.807) is 0 Å². The number of hydrogen-bond acceptors (Lipinski definition) is 2. The lowest BCUT2D eigenvalue weighted by Gasteiger charge is -2.27. The Kier molecular flexibility index (Phi) is 6.75. The zero-order valence-corrected chi connectivity index (χ0v) is 28.1. The predicted molar refractivity (Wildman–Crippen MR) is 217 cm³/mol. The lowest BCUT2D eigenvalue weighted by atomic mass is 9.95. The van der Waals surface area contributed by atoms with Crippen LogP contribution >= 0.6 is 11.3 Å². The maximum atomic E-state index is 2.43. The van der Waals surface area contributed by atoms with Crippen LogP contribution in [-0.2, 0) is 0 Å². The SMILES string of the molecule is c1ccc(-c2ccc(-c3cccc4sc5ccc(N(c6ccccc6)c6cccc7c6ccc6c8ccccc8ccc76)cc5c34)cc2)cc1. The number of nitrogens with zero attached hydrogens (tertiary/aromatic N) is 1. The second-order valence-corrected chi connectivity index (χ2v) is 14.0. The van der Waals surface area contributed by atoms with Crippen molar-refractivity contribution in [2.24, 2.45) is 0 Å². The molecule has 0 aliphatic rings. The zero-order chi connectivity index (χ0) is 33.0. The van der Waals surface area contributed by atoms with Crippen LogP contribution in [0.15, 0.2) is 188 Å². The Hall–Kier alpha value is -6.22. The summed E-state index contributed by atoms with van der Waals surface area (Å²) >= 11 is 1.87. The highest BCUT2D eigenvalue weighted by Gasteiger charge is 2.19. The average molecular weight is 654 g/mol. The van der Waals surface area contributed by atoms with Gasteiger partial charge in [0.25, 0.3) is 0 Å². The Morgan fingerprint density at radius 2 is 0.980 bits per heavy atom. The number of fused-ring (bicyclic) bond motifs is 8. The monoisotopic (exact) mass is 653 g/mol. The molecule has 10 aromatic rings. The molecular weight excluding hydrogens is 623 g/mol. The molecule has 0 bridgehead atoms. The van der Waals surface area contributed by atoms with E-state index in [-0.39, 0.29) is 0 Å². The highest BCUT2D eigenvalue weighted by atomic mass is 32.1. The van der Waals surface area contributed by atoms with Gasteiger partial charge in [0, 0.05) is 36.9 Å². The quantitative estimate of drug-likeness (QED) is 0.167. The predicted octanol–water partition coefficient (Wildman–Crippen LogP) is 14.3. The Bertz CT molecular complexity index is 2850. The second-order valence-electron chi connectivity index (χ2n) is 12.9. The van der Waals surface area contributed by atoms with Crippen molar-refractivity contribution in [1.82, 2.24) is 0 Å². The minimum Gasteiger partial charge on any atom is -0.310 e. The summed E-state index contributed by atoms with van der Waals surface area (Å²) in [5.41, 5.74) is 8.40. The van der Waals surface area contributed by atoms with Crippen LogP contribution in [0.5, 0.6) is 0 Å². The van der Waals surface area contributed by atoms with E-state index in [1.807, 2.05) is 11.3 Å². The van der Waals surface area contributed by atoms with Gasteiger partial charge in [-0.1, -0.05) is 146 Å². The lowest BCUT2D eigenvalue weighted by Crippen LogP contribution is -2.10. The normalized spacial score (nSPS) is 11.6. The maximum Gasteiger partial charge on any atom is 0.0540 e. The molecule has 2 heteroatoms. The van der Waals surface area contributed by atoms with E-state index in [9.17, 15) is 0 Å². The highest BCUT2D eigenvalue weighted by Crippen LogP contribution is 2.46. The molecule has 0 atom stereocenters. The lowest BCUT2D eigenvalue weighted by molar-refractivity contribution is 1.31. The van der Waals surface area contributed by atoms with Crippen molar-refractivity contribution >= 4 is 80.9 Å². The van der Waals surface area contributed by atoms with Crippen LogP contribution < -0.4 is 4.90 Å². The van der Waals surface area contributed by atoms with E-state index in [4.69, 9.17) is 0 Å². The Labute approximate surface area is 294 Å². The third-order valence-electron chi connectivity index (χ3n) is 10.1. The first kappa shape index (κ1) is 28.8. The van der Waals surface area contributed by atoms with Crippen molar-refractivity contribution in [1.29, 1.82) is 0 Å². The van der Waals surface area contributed by atoms with Crippen molar-refractivity contribution in [3.63, 3.8) is 0 Å². The Balaban J connectivity index is 1.16. The van der Waals surface area contributed by atoms with E-state index < -0.39 is 0 Å². The summed E-state index contributed by atoms with van der Waals surface area (Å²) in [4.78, 5) is 2.43. The minimum atomic E-state index is 1.13. The smallest absolute Gasteiger partial charge is 0.0540 e. The second kappa shape index (κ2) is 11.7. The van der Waals surface area contributed by atoms with Crippen LogP contribution in [0.25, 0.3) is 74.7 Å². The van der Waals surface area contributed by atoms with E-state index in [1.165, 1.54) is 80.4 Å². The molecule has 1 heterocycles. The van der Waals surface area contributed by atoms with Crippen molar-refractivity contribution in [3.05, 3.63) is 188 Å². The van der Waals surface area contributed by atoms with Gasteiger partial charge in [-0.05, 0) is 91.6 Å². The van der Waals surface area contributed by atoms with Gasteiger partial charge in [0.15, 0.2) is 0 Å². The number of anilines is 3. The number of benzene rings is 9. The number of hydrogen-bond donors (Lipinski definition) is 0. The molecule has 0 unspecified atom stereocenters. The number of rotatable bonds is 5. The first-order valence-electron chi connectivity index (χ1n) is 17.1. The molecule has 0 radical (unpaired) electrons. The summed E-state index contributed by atoms with van der Waals surface area (Å²) in [5, 5.41) is 10.2. The van der Waals surface area contributed by atoms with Gasteiger partial charge in [-0.15, -0.1) is 11.3 Å². The van der Waals surface area contributed by atoms with Crippen LogP contribution in [0.2, 0.25) is 0 Å². The van der Waals surface area contributed by atoms with Gasteiger partial charge < -0.3 is 4.90 Å². The summed E-state index contributed by atoms with van der Waals surface area (Å²) in [6, 6.07) is 68.7. The molecule has 1 nitrogen and oxygen atoms in total.